The lowest BCUT2D eigenvalue weighted by atomic mass is 10.1. The molecule has 1 rings (SSSR count). The third-order valence-corrected chi connectivity index (χ3v) is 1.50. The molecule has 0 saturated carbocycles. The van der Waals surface area contributed by atoms with Crippen LogP contribution in [0.4, 0.5) is 0 Å². The van der Waals surface area contributed by atoms with Crippen molar-refractivity contribution in [1.82, 2.24) is 0 Å². The first-order valence-corrected chi connectivity index (χ1v) is 3.39. The van der Waals surface area contributed by atoms with Gasteiger partial charge in [0.1, 0.15) is 5.75 Å². The zero-order chi connectivity index (χ0) is 8.27. The number of methoxy groups -OCH3 is 1. The van der Waals surface area contributed by atoms with Crippen LogP contribution in [0.2, 0.25) is 0 Å². The number of hydrogen-bond donors (Lipinski definition) is 0. The Morgan fingerprint density at radius 1 is 1.15 bits per heavy atom. The van der Waals surface area contributed by atoms with Crippen molar-refractivity contribution in [2.24, 2.45) is 0 Å². The molecular formula is C9H12Cl2O2. The summed E-state index contributed by atoms with van der Waals surface area (Å²) in [4.78, 5) is 10.8. The van der Waals surface area contributed by atoms with Crippen LogP contribution in [0.5, 0.6) is 5.75 Å². The Bertz CT molecular complexity index is 257. The number of carbonyl (C=O) groups excluding carboxylic acids is 1. The molecule has 0 radical (unpaired) electrons. The fourth-order valence-electron chi connectivity index (χ4n) is 0.826. The van der Waals surface area contributed by atoms with Crippen LogP contribution in [-0.4, -0.2) is 12.9 Å². The quantitative estimate of drug-likeness (QED) is 0.720. The summed E-state index contributed by atoms with van der Waals surface area (Å²) < 4.78 is 4.94. The highest BCUT2D eigenvalue weighted by Crippen LogP contribution is 2.11. The van der Waals surface area contributed by atoms with E-state index >= 15 is 0 Å². The standard InChI is InChI=1S/C9H10O2.2ClH/c1-7(10)8-3-5-9(11-2)6-4-8;;/h3-6H,1-2H3;2*1H. The van der Waals surface area contributed by atoms with Crippen LogP contribution < -0.4 is 4.74 Å². The Balaban J connectivity index is 0. The molecule has 0 bridgehead atoms. The van der Waals surface area contributed by atoms with Crippen molar-refractivity contribution in [3.8, 4) is 5.75 Å². The smallest absolute Gasteiger partial charge is 0.159 e. The third kappa shape index (κ3) is 4.15. The van der Waals surface area contributed by atoms with E-state index in [4.69, 9.17) is 4.74 Å². The highest BCUT2D eigenvalue weighted by molar-refractivity contribution is 5.94. The number of rotatable bonds is 2. The maximum absolute atomic E-state index is 10.8. The first kappa shape index (κ1) is 14.8. The van der Waals surface area contributed by atoms with Crippen LogP contribution in [0.3, 0.4) is 0 Å². The molecule has 0 amide bonds. The van der Waals surface area contributed by atoms with Crippen LogP contribution in [0.15, 0.2) is 24.3 Å². The predicted octanol–water partition coefficient (Wildman–Crippen LogP) is 2.74. The van der Waals surface area contributed by atoms with Gasteiger partial charge in [0, 0.05) is 5.56 Å². The number of ketones is 1. The minimum atomic E-state index is 0. The second kappa shape index (κ2) is 6.75. The molecule has 1 aromatic rings. The van der Waals surface area contributed by atoms with E-state index in [9.17, 15) is 4.79 Å². The lowest BCUT2D eigenvalue weighted by molar-refractivity contribution is 0.101. The van der Waals surface area contributed by atoms with Crippen molar-refractivity contribution in [3.05, 3.63) is 29.8 Å². The summed E-state index contributed by atoms with van der Waals surface area (Å²) in [6, 6.07) is 7.05. The Morgan fingerprint density at radius 2 is 1.62 bits per heavy atom. The molecule has 0 spiro atoms. The number of halogens is 2. The highest BCUT2D eigenvalue weighted by atomic mass is 35.5. The molecule has 0 aliphatic rings. The van der Waals surface area contributed by atoms with Crippen LogP contribution in [-0.2, 0) is 0 Å². The third-order valence-electron chi connectivity index (χ3n) is 1.50. The fraction of sp³-hybridized carbons (Fsp3) is 0.222. The lowest BCUT2D eigenvalue weighted by Gasteiger charge is -1.98. The average molecular weight is 223 g/mol. The minimum Gasteiger partial charge on any atom is -0.497 e. The van der Waals surface area contributed by atoms with E-state index in [1.165, 1.54) is 0 Å². The Labute approximate surface area is 90.1 Å². The Hall–Kier alpha value is -0.730. The van der Waals surface area contributed by atoms with Crippen molar-refractivity contribution < 1.29 is 9.53 Å². The van der Waals surface area contributed by atoms with Gasteiger partial charge in [0.2, 0.25) is 0 Å². The maximum atomic E-state index is 10.8. The second-order valence-corrected chi connectivity index (χ2v) is 2.28. The van der Waals surface area contributed by atoms with Gasteiger partial charge < -0.3 is 4.74 Å². The van der Waals surface area contributed by atoms with E-state index < -0.39 is 0 Å². The van der Waals surface area contributed by atoms with E-state index in [-0.39, 0.29) is 30.6 Å². The molecule has 1 aromatic carbocycles. The minimum absolute atomic E-state index is 0. The molecule has 4 heteroatoms. The first-order chi connectivity index (χ1) is 5.24. The number of carbonyl (C=O) groups is 1. The fourth-order valence-corrected chi connectivity index (χ4v) is 0.826. The van der Waals surface area contributed by atoms with Crippen LogP contribution in [0.1, 0.15) is 17.3 Å². The van der Waals surface area contributed by atoms with Gasteiger partial charge in [-0.3, -0.25) is 4.79 Å². The van der Waals surface area contributed by atoms with Crippen molar-refractivity contribution in [1.29, 1.82) is 0 Å². The molecule has 0 unspecified atom stereocenters. The highest BCUT2D eigenvalue weighted by Gasteiger charge is 1.97. The summed E-state index contributed by atoms with van der Waals surface area (Å²) in [6.45, 7) is 1.54. The topological polar surface area (TPSA) is 26.3 Å². The number of benzene rings is 1. The van der Waals surface area contributed by atoms with Gasteiger partial charge in [-0.15, -0.1) is 24.8 Å². The van der Waals surface area contributed by atoms with Gasteiger partial charge in [-0.1, -0.05) is 0 Å². The lowest BCUT2D eigenvalue weighted by Crippen LogP contribution is -1.91. The van der Waals surface area contributed by atoms with Gasteiger partial charge in [-0.05, 0) is 31.2 Å². The van der Waals surface area contributed by atoms with E-state index in [0.29, 0.717) is 5.56 Å². The Kier molecular flexibility index (Phi) is 7.67. The summed E-state index contributed by atoms with van der Waals surface area (Å²) in [6.07, 6.45) is 0. The summed E-state index contributed by atoms with van der Waals surface area (Å²) >= 11 is 0. The van der Waals surface area contributed by atoms with Gasteiger partial charge in [-0.25, -0.2) is 0 Å². The van der Waals surface area contributed by atoms with Gasteiger partial charge >= 0.3 is 0 Å². The molecule has 0 aliphatic heterocycles. The van der Waals surface area contributed by atoms with Crippen molar-refractivity contribution in [2.75, 3.05) is 7.11 Å². The van der Waals surface area contributed by atoms with E-state index in [1.54, 1.807) is 38.3 Å². The molecule has 2 nitrogen and oxygen atoms in total. The molecule has 0 aromatic heterocycles. The molecule has 0 fully saturated rings. The molecule has 74 valence electrons. The SMILES string of the molecule is COc1ccc(C(C)=O)cc1.Cl.Cl. The monoisotopic (exact) mass is 222 g/mol. The molecule has 0 aliphatic carbocycles. The molecular weight excluding hydrogens is 211 g/mol. The second-order valence-electron chi connectivity index (χ2n) is 2.28. The summed E-state index contributed by atoms with van der Waals surface area (Å²) in [5, 5.41) is 0. The van der Waals surface area contributed by atoms with Crippen molar-refractivity contribution >= 4 is 30.6 Å². The number of ether oxygens (including phenoxy) is 1. The summed E-state index contributed by atoms with van der Waals surface area (Å²) in [7, 11) is 1.60. The summed E-state index contributed by atoms with van der Waals surface area (Å²) in [5.41, 5.74) is 0.714. The molecule has 0 N–H and O–H groups in total. The normalized spacial score (nSPS) is 7.85. The number of Topliss-reactive ketones (excluding diaryl/α,β-unsaturated/α-hetero) is 1. The van der Waals surface area contributed by atoms with Gasteiger partial charge in [0.05, 0.1) is 7.11 Å². The van der Waals surface area contributed by atoms with Crippen LogP contribution in [0.25, 0.3) is 0 Å². The van der Waals surface area contributed by atoms with Crippen LogP contribution >= 0.6 is 24.8 Å². The molecule has 13 heavy (non-hydrogen) atoms. The Morgan fingerprint density at radius 3 is 1.92 bits per heavy atom. The van der Waals surface area contributed by atoms with Gasteiger partial charge in [-0.2, -0.15) is 0 Å². The zero-order valence-corrected chi connectivity index (χ0v) is 9.08. The molecule has 0 saturated heterocycles. The average Bonchev–Trinajstić information content (AvgIpc) is 2.05. The van der Waals surface area contributed by atoms with Gasteiger partial charge in [0.25, 0.3) is 0 Å². The maximum Gasteiger partial charge on any atom is 0.159 e. The predicted molar refractivity (Wildman–Crippen MR) is 57.5 cm³/mol. The number of hydrogen-bond acceptors (Lipinski definition) is 2. The van der Waals surface area contributed by atoms with E-state index in [1.807, 2.05) is 0 Å². The van der Waals surface area contributed by atoms with E-state index in [0.717, 1.165) is 5.75 Å². The molecule has 0 atom stereocenters. The van der Waals surface area contributed by atoms with Gasteiger partial charge in [0.15, 0.2) is 5.78 Å². The summed E-state index contributed by atoms with van der Waals surface area (Å²) in [5.74, 6) is 0.850. The largest absolute Gasteiger partial charge is 0.497 e. The van der Waals surface area contributed by atoms with Crippen molar-refractivity contribution in [2.45, 2.75) is 6.92 Å². The zero-order valence-electron chi connectivity index (χ0n) is 7.44. The first-order valence-electron chi connectivity index (χ1n) is 3.39. The van der Waals surface area contributed by atoms with Crippen LogP contribution in [0, 0.1) is 0 Å². The van der Waals surface area contributed by atoms with E-state index in [2.05, 4.69) is 0 Å². The van der Waals surface area contributed by atoms with Crippen molar-refractivity contribution in [3.63, 3.8) is 0 Å². The molecule has 0 heterocycles.